The van der Waals surface area contributed by atoms with Crippen molar-refractivity contribution in [1.29, 1.82) is 0 Å². The fourth-order valence-electron chi connectivity index (χ4n) is 1.05. The minimum absolute atomic E-state index is 0.0505. The van der Waals surface area contributed by atoms with Gasteiger partial charge in [0.2, 0.25) is 0 Å². The molecule has 1 atom stereocenters. The van der Waals surface area contributed by atoms with Gasteiger partial charge in [-0.15, -0.1) is 0 Å². The Kier molecular flexibility index (Phi) is 6.41. The Balaban J connectivity index is 0.000000791. The van der Waals surface area contributed by atoms with Gasteiger partial charge in [-0.1, -0.05) is 19.1 Å². The van der Waals surface area contributed by atoms with Gasteiger partial charge in [-0.25, -0.2) is 0 Å². The third-order valence-electron chi connectivity index (χ3n) is 1.73. The average molecular weight is 195 g/mol. The molecule has 3 heteroatoms. The second-order valence-corrected chi connectivity index (χ2v) is 2.98. The van der Waals surface area contributed by atoms with Crippen molar-refractivity contribution < 1.29 is 9.90 Å². The summed E-state index contributed by atoms with van der Waals surface area (Å²) in [5, 5.41) is 8.98. The number of carbonyl (C=O) groups excluding carboxylic acids is 1. The van der Waals surface area contributed by atoms with E-state index < -0.39 is 0 Å². The van der Waals surface area contributed by atoms with Crippen molar-refractivity contribution in [3.63, 3.8) is 0 Å². The van der Waals surface area contributed by atoms with Crippen LogP contribution in [-0.4, -0.2) is 18.4 Å². The lowest BCUT2D eigenvalue weighted by molar-refractivity contribution is -0.110. The monoisotopic (exact) mass is 195 g/mol. The van der Waals surface area contributed by atoms with Crippen molar-refractivity contribution in [2.45, 2.75) is 13.3 Å². The van der Waals surface area contributed by atoms with E-state index in [1.165, 1.54) is 7.05 Å². The minimum Gasteiger partial charge on any atom is -0.508 e. The van der Waals surface area contributed by atoms with E-state index in [1.54, 1.807) is 12.1 Å². The van der Waals surface area contributed by atoms with E-state index in [2.05, 4.69) is 5.73 Å². The van der Waals surface area contributed by atoms with Gasteiger partial charge in [0.1, 0.15) is 12.0 Å². The van der Waals surface area contributed by atoms with Crippen molar-refractivity contribution in [3.05, 3.63) is 29.8 Å². The zero-order valence-electron chi connectivity index (χ0n) is 8.60. The van der Waals surface area contributed by atoms with Gasteiger partial charge >= 0.3 is 0 Å². The molecule has 0 aliphatic carbocycles. The third kappa shape index (κ3) is 4.62. The van der Waals surface area contributed by atoms with E-state index in [1.807, 2.05) is 19.1 Å². The number of aldehydes is 1. The maximum Gasteiger partial charge on any atom is 0.123 e. The van der Waals surface area contributed by atoms with Crippen LogP contribution in [0.15, 0.2) is 24.3 Å². The highest BCUT2D eigenvalue weighted by Crippen LogP contribution is 2.12. The molecule has 3 nitrogen and oxygen atoms in total. The number of phenols is 1. The molecule has 1 rings (SSSR count). The fraction of sp³-hybridized carbons (Fsp3) is 0.364. The Morgan fingerprint density at radius 3 is 2.29 bits per heavy atom. The number of hydrogen-bond acceptors (Lipinski definition) is 3. The number of rotatable bonds is 3. The lowest BCUT2D eigenvalue weighted by atomic mass is 10.0. The topological polar surface area (TPSA) is 63.3 Å². The first-order valence-electron chi connectivity index (χ1n) is 4.53. The lowest BCUT2D eigenvalue weighted by Crippen LogP contribution is -1.99. The molecule has 78 valence electrons. The summed E-state index contributed by atoms with van der Waals surface area (Å²) in [5.74, 6) is 0.312. The molecule has 0 unspecified atom stereocenters. The van der Waals surface area contributed by atoms with Gasteiger partial charge in [-0.3, -0.25) is 0 Å². The molecule has 0 saturated carbocycles. The highest BCUT2D eigenvalue weighted by Gasteiger charge is 2.00. The predicted octanol–water partition coefficient (Wildman–Crippen LogP) is 1.34. The molecule has 0 bridgehead atoms. The molecule has 0 saturated heterocycles. The molecular formula is C11H17NO2. The maximum atomic E-state index is 10.3. The maximum absolute atomic E-state index is 10.3. The molecule has 0 aromatic heterocycles. The summed E-state index contributed by atoms with van der Waals surface area (Å²) in [6.45, 7) is 1.87. The van der Waals surface area contributed by atoms with E-state index in [4.69, 9.17) is 5.11 Å². The molecule has 3 N–H and O–H groups in total. The molecule has 0 fully saturated rings. The van der Waals surface area contributed by atoms with Crippen LogP contribution in [-0.2, 0) is 11.2 Å². The van der Waals surface area contributed by atoms with Gasteiger partial charge in [0.05, 0.1) is 0 Å². The normalized spacial score (nSPS) is 11.1. The molecule has 0 radical (unpaired) electrons. The molecule has 14 heavy (non-hydrogen) atoms. The molecule has 0 aliphatic heterocycles. The molecule has 0 spiro atoms. The van der Waals surface area contributed by atoms with Gasteiger partial charge in [0, 0.05) is 5.92 Å². The van der Waals surface area contributed by atoms with Crippen LogP contribution in [0, 0.1) is 5.92 Å². The van der Waals surface area contributed by atoms with Gasteiger partial charge < -0.3 is 15.6 Å². The van der Waals surface area contributed by atoms with E-state index in [9.17, 15) is 4.79 Å². The lowest BCUT2D eigenvalue weighted by Gasteiger charge is -2.02. The number of hydrogen-bond donors (Lipinski definition) is 2. The van der Waals surface area contributed by atoms with E-state index in [0.29, 0.717) is 0 Å². The Hall–Kier alpha value is -1.35. The molecular weight excluding hydrogens is 178 g/mol. The molecule has 0 aliphatic rings. The van der Waals surface area contributed by atoms with Crippen LogP contribution in [0.1, 0.15) is 12.5 Å². The summed E-state index contributed by atoms with van der Waals surface area (Å²) in [6, 6.07) is 6.92. The molecule has 1 aromatic rings. The standard InChI is InChI=1S/C10H12O2.CH5N/c1-8(7-11)6-9-2-4-10(12)5-3-9;1-2/h2-5,7-8,12H,6H2,1H3;2H2,1H3/t8-;/m1./s1. The first kappa shape index (κ1) is 12.7. The highest BCUT2D eigenvalue weighted by molar-refractivity contribution is 5.53. The number of carbonyl (C=O) groups is 1. The Morgan fingerprint density at radius 1 is 1.36 bits per heavy atom. The third-order valence-corrected chi connectivity index (χ3v) is 1.73. The summed E-state index contributed by atoms with van der Waals surface area (Å²) >= 11 is 0. The average Bonchev–Trinajstić information content (AvgIpc) is 2.24. The van der Waals surface area contributed by atoms with Crippen LogP contribution in [0.5, 0.6) is 5.75 Å². The van der Waals surface area contributed by atoms with Crippen LogP contribution in [0.4, 0.5) is 0 Å². The van der Waals surface area contributed by atoms with Crippen molar-refractivity contribution in [3.8, 4) is 5.75 Å². The summed E-state index contributed by atoms with van der Waals surface area (Å²) in [7, 11) is 1.50. The van der Waals surface area contributed by atoms with Crippen molar-refractivity contribution in [2.24, 2.45) is 11.7 Å². The van der Waals surface area contributed by atoms with Crippen LogP contribution in [0.3, 0.4) is 0 Å². The van der Waals surface area contributed by atoms with Crippen LogP contribution < -0.4 is 5.73 Å². The highest BCUT2D eigenvalue weighted by atomic mass is 16.3. The van der Waals surface area contributed by atoms with Gasteiger partial charge in [0.15, 0.2) is 0 Å². The number of phenolic OH excluding ortho intramolecular Hbond substituents is 1. The van der Waals surface area contributed by atoms with E-state index in [-0.39, 0.29) is 11.7 Å². The van der Waals surface area contributed by atoms with Crippen LogP contribution >= 0.6 is 0 Å². The van der Waals surface area contributed by atoms with Crippen molar-refractivity contribution in [2.75, 3.05) is 7.05 Å². The van der Waals surface area contributed by atoms with Crippen molar-refractivity contribution in [1.82, 2.24) is 0 Å². The van der Waals surface area contributed by atoms with Gasteiger partial charge in [-0.2, -0.15) is 0 Å². The number of nitrogens with two attached hydrogens (primary N) is 1. The Labute approximate surface area is 84.6 Å². The van der Waals surface area contributed by atoms with Gasteiger partial charge in [-0.05, 0) is 31.2 Å². The van der Waals surface area contributed by atoms with Crippen LogP contribution in [0.25, 0.3) is 0 Å². The second kappa shape index (κ2) is 7.09. The van der Waals surface area contributed by atoms with Crippen LogP contribution in [0.2, 0.25) is 0 Å². The van der Waals surface area contributed by atoms with Crippen molar-refractivity contribution >= 4 is 6.29 Å². The number of aromatic hydroxyl groups is 1. The first-order chi connectivity index (χ1) is 6.72. The Morgan fingerprint density at radius 2 is 1.86 bits per heavy atom. The van der Waals surface area contributed by atoms with E-state index in [0.717, 1.165) is 18.3 Å². The summed E-state index contributed by atoms with van der Waals surface area (Å²) < 4.78 is 0. The van der Waals surface area contributed by atoms with E-state index >= 15 is 0 Å². The fourth-order valence-corrected chi connectivity index (χ4v) is 1.05. The summed E-state index contributed by atoms with van der Waals surface area (Å²) in [4.78, 5) is 10.3. The summed E-state index contributed by atoms with van der Waals surface area (Å²) in [5.41, 5.74) is 5.58. The first-order valence-corrected chi connectivity index (χ1v) is 4.53. The smallest absolute Gasteiger partial charge is 0.123 e. The Bertz CT molecular complexity index is 256. The number of benzene rings is 1. The molecule has 0 heterocycles. The quantitative estimate of drug-likeness (QED) is 0.715. The zero-order valence-corrected chi connectivity index (χ0v) is 8.60. The van der Waals surface area contributed by atoms with Gasteiger partial charge in [0.25, 0.3) is 0 Å². The molecule has 0 amide bonds. The predicted molar refractivity (Wildman–Crippen MR) is 57.2 cm³/mol. The second-order valence-electron chi connectivity index (χ2n) is 2.98. The largest absolute Gasteiger partial charge is 0.508 e. The SMILES string of the molecule is CN.C[C@@H](C=O)Cc1ccc(O)cc1. The zero-order chi connectivity index (χ0) is 11.0. The minimum atomic E-state index is 0.0505. The summed E-state index contributed by atoms with van der Waals surface area (Å²) in [6.07, 6.45) is 1.68. The molecule has 1 aromatic carbocycles.